The number of fused-ring (bicyclic) bond motifs is 1. The molecule has 1 aliphatic heterocycles. The molecule has 0 spiro atoms. The molecular weight excluding hydrogens is 296 g/mol. The molecule has 2 aliphatic rings. The van der Waals surface area contributed by atoms with Crippen LogP contribution in [0.25, 0.3) is 0 Å². The third kappa shape index (κ3) is 2.59. The average molecular weight is 317 g/mol. The minimum absolute atomic E-state index is 0.102. The van der Waals surface area contributed by atoms with Crippen molar-refractivity contribution in [1.29, 1.82) is 0 Å². The van der Waals surface area contributed by atoms with Gasteiger partial charge in [0.1, 0.15) is 0 Å². The van der Waals surface area contributed by atoms with Crippen LogP contribution in [0.3, 0.4) is 0 Å². The number of rotatable bonds is 2. The maximum Gasteiger partial charge on any atom is 0.0729 e. The normalized spacial score (nSPS) is 26.8. The van der Waals surface area contributed by atoms with E-state index in [0.717, 1.165) is 42.5 Å². The molecule has 1 fully saturated rings. The minimum Gasteiger partial charge on any atom is -0.844 e. The molecule has 2 aromatic rings. The molecule has 1 aliphatic carbocycles. The van der Waals surface area contributed by atoms with Crippen LogP contribution in [0.1, 0.15) is 43.2 Å². The minimum atomic E-state index is -1.18. The smallest absolute Gasteiger partial charge is 0.0729 e. The molecule has 0 bridgehead atoms. The summed E-state index contributed by atoms with van der Waals surface area (Å²) in [6.45, 7) is 0. The van der Waals surface area contributed by atoms with Gasteiger partial charge in [-0.1, -0.05) is 91.9 Å². The summed E-state index contributed by atoms with van der Waals surface area (Å²) in [6, 6.07) is 19.9. The van der Waals surface area contributed by atoms with Gasteiger partial charge in [0, 0.05) is 0 Å². The van der Waals surface area contributed by atoms with Crippen molar-refractivity contribution in [3.05, 3.63) is 71.8 Å². The molecule has 24 heavy (non-hydrogen) atoms. The molecular formula is C21H21N2O-. The molecule has 0 amide bonds. The standard InChI is InChI=1S/C21H21N2O/c24-21-15-9-3-8-14-18(21)19(16-10-4-1-5-11-16)22-23-20(21)17-12-6-2-7-13-17/h1-2,4-7,10-13,18H,3,8-9,14-15H2/q-1/t18-,21+/m0/s1. The van der Waals surface area contributed by atoms with Gasteiger partial charge in [-0.3, -0.25) is 0 Å². The molecule has 4 rings (SSSR count). The predicted molar refractivity (Wildman–Crippen MR) is 95.3 cm³/mol. The Kier molecular flexibility index (Phi) is 4.03. The van der Waals surface area contributed by atoms with Gasteiger partial charge in [-0.05, 0) is 23.5 Å². The third-order valence-corrected chi connectivity index (χ3v) is 5.21. The second-order valence-electron chi connectivity index (χ2n) is 6.71. The first-order chi connectivity index (χ1) is 11.8. The highest BCUT2D eigenvalue weighted by molar-refractivity contribution is 6.14. The molecule has 2 aromatic carbocycles. The van der Waals surface area contributed by atoms with Gasteiger partial charge in [-0.2, -0.15) is 10.2 Å². The van der Waals surface area contributed by atoms with Crippen molar-refractivity contribution in [3.63, 3.8) is 0 Å². The molecule has 122 valence electrons. The lowest BCUT2D eigenvalue weighted by Crippen LogP contribution is -2.60. The molecule has 2 atom stereocenters. The van der Waals surface area contributed by atoms with Crippen LogP contribution in [0.4, 0.5) is 0 Å². The molecule has 0 saturated heterocycles. The van der Waals surface area contributed by atoms with Crippen LogP contribution in [-0.2, 0) is 0 Å². The Balaban J connectivity index is 1.85. The van der Waals surface area contributed by atoms with Crippen molar-refractivity contribution in [2.75, 3.05) is 0 Å². The van der Waals surface area contributed by atoms with Crippen molar-refractivity contribution in [1.82, 2.24) is 0 Å². The van der Waals surface area contributed by atoms with E-state index in [2.05, 4.69) is 10.2 Å². The summed E-state index contributed by atoms with van der Waals surface area (Å²) in [4.78, 5) is 0. The second kappa shape index (κ2) is 6.33. The lowest BCUT2D eigenvalue weighted by atomic mass is 9.72. The van der Waals surface area contributed by atoms with Crippen molar-refractivity contribution < 1.29 is 5.11 Å². The van der Waals surface area contributed by atoms with E-state index in [-0.39, 0.29) is 5.92 Å². The molecule has 1 saturated carbocycles. The first-order valence-corrected chi connectivity index (χ1v) is 8.76. The average Bonchev–Trinajstić information content (AvgIpc) is 2.84. The molecule has 0 unspecified atom stereocenters. The van der Waals surface area contributed by atoms with E-state index in [4.69, 9.17) is 0 Å². The Bertz CT molecular complexity index is 767. The Hall–Kier alpha value is -2.26. The summed E-state index contributed by atoms with van der Waals surface area (Å²) in [7, 11) is 0. The maximum absolute atomic E-state index is 14.0. The van der Waals surface area contributed by atoms with Gasteiger partial charge in [0.05, 0.1) is 11.4 Å². The Morgan fingerprint density at radius 3 is 2.17 bits per heavy atom. The first kappa shape index (κ1) is 15.3. The second-order valence-corrected chi connectivity index (χ2v) is 6.71. The molecule has 3 nitrogen and oxygen atoms in total. The fraction of sp³-hybridized carbons (Fsp3) is 0.333. The Morgan fingerprint density at radius 1 is 0.792 bits per heavy atom. The first-order valence-electron chi connectivity index (χ1n) is 8.76. The largest absolute Gasteiger partial charge is 0.844 e. The van der Waals surface area contributed by atoms with Gasteiger partial charge >= 0.3 is 0 Å². The van der Waals surface area contributed by atoms with Crippen molar-refractivity contribution in [2.45, 2.75) is 37.7 Å². The summed E-state index contributed by atoms with van der Waals surface area (Å²) < 4.78 is 0. The SMILES string of the molecule is [O-][C@]12CCCCC[C@H]1C(c1ccccc1)=NN=C2c1ccccc1. The summed E-state index contributed by atoms with van der Waals surface area (Å²) in [5, 5.41) is 23.0. The van der Waals surface area contributed by atoms with Crippen LogP contribution in [-0.4, -0.2) is 17.0 Å². The zero-order valence-corrected chi connectivity index (χ0v) is 13.7. The number of nitrogens with zero attached hydrogens (tertiary/aromatic N) is 2. The van der Waals surface area contributed by atoms with E-state index >= 15 is 0 Å². The molecule has 0 aromatic heterocycles. The highest BCUT2D eigenvalue weighted by Gasteiger charge is 2.40. The topological polar surface area (TPSA) is 47.8 Å². The van der Waals surface area contributed by atoms with Crippen molar-refractivity contribution in [3.8, 4) is 0 Å². The summed E-state index contributed by atoms with van der Waals surface area (Å²) >= 11 is 0. The number of hydrogen-bond acceptors (Lipinski definition) is 3. The van der Waals surface area contributed by atoms with E-state index in [1.54, 1.807) is 0 Å². The summed E-state index contributed by atoms with van der Waals surface area (Å²) in [6.07, 6.45) is 4.70. The van der Waals surface area contributed by atoms with Gasteiger partial charge in [-0.15, -0.1) is 0 Å². The van der Waals surface area contributed by atoms with Crippen molar-refractivity contribution >= 4 is 11.4 Å². The molecule has 0 radical (unpaired) electrons. The quantitative estimate of drug-likeness (QED) is 0.835. The van der Waals surface area contributed by atoms with Gasteiger partial charge in [0.25, 0.3) is 0 Å². The van der Waals surface area contributed by atoms with Crippen molar-refractivity contribution in [2.24, 2.45) is 16.1 Å². The van der Waals surface area contributed by atoms with E-state index in [1.807, 2.05) is 60.7 Å². The Labute approximate surface area is 142 Å². The van der Waals surface area contributed by atoms with Gasteiger partial charge < -0.3 is 5.11 Å². The fourth-order valence-electron chi connectivity index (χ4n) is 3.99. The van der Waals surface area contributed by atoms with E-state index in [0.29, 0.717) is 12.1 Å². The van der Waals surface area contributed by atoms with Crippen LogP contribution in [0, 0.1) is 5.92 Å². The lowest BCUT2D eigenvalue weighted by molar-refractivity contribution is -0.460. The summed E-state index contributed by atoms with van der Waals surface area (Å²) in [5.41, 5.74) is 2.25. The predicted octanol–water partition coefficient (Wildman–Crippen LogP) is 3.57. The van der Waals surface area contributed by atoms with Gasteiger partial charge in [-0.25, -0.2) is 0 Å². The highest BCUT2D eigenvalue weighted by atomic mass is 16.3. The molecule has 3 heteroatoms. The maximum atomic E-state index is 14.0. The molecule has 0 N–H and O–H groups in total. The van der Waals surface area contributed by atoms with E-state index < -0.39 is 5.60 Å². The van der Waals surface area contributed by atoms with E-state index in [9.17, 15) is 5.11 Å². The van der Waals surface area contributed by atoms with Gasteiger partial charge in [0.15, 0.2) is 0 Å². The monoisotopic (exact) mass is 317 g/mol. The van der Waals surface area contributed by atoms with Gasteiger partial charge in [0.2, 0.25) is 0 Å². The van der Waals surface area contributed by atoms with Crippen LogP contribution in [0.15, 0.2) is 70.9 Å². The summed E-state index contributed by atoms with van der Waals surface area (Å²) in [5.74, 6) is -0.102. The Morgan fingerprint density at radius 2 is 1.46 bits per heavy atom. The molecule has 1 heterocycles. The third-order valence-electron chi connectivity index (χ3n) is 5.21. The lowest BCUT2D eigenvalue weighted by Gasteiger charge is -2.49. The zero-order valence-electron chi connectivity index (χ0n) is 13.7. The number of hydrogen-bond donors (Lipinski definition) is 0. The fourth-order valence-corrected chi connectivity index (χ4v) is 3.99. The highest BCUT2D eigenvalue weighted by Crippen LogP contribution is 2.38. The zero-order chi connectivity index (χ0) is 16.4. The van der Waals surface area contributed by atoms with Crippen LogP contribution >= 0.6 is 0 Å². The van der Waals surface area contributed by atoms with E-state index in [1.165, 1.54) is 0 Å². The van der Waals surface area contributed by atoms with Crippen LogP contribution < -0.4 is 5.11 Å². The van der Waals surface area contributed by atoms with Crippen LogP contribution in [0.2, 0.25) is 0 Å². The number of benzene rings is 2. The van der Waals surface area contributed by atoms with Crippen LogP contribution in [0.5, 0.6) is 0 Å².